The van der Waals surface area contributed by atoms with Gasteiger partial charge < -0.3 is 5.11 Å². The van der Waals surface area contributed by atoms with Crippen LogP contribution in [0.2, 0.25) is 5.02 Å². The summed E-state index contributed by atoms with van der Waals surface area (Å²) in [6.07, 6.45) is -0.162. The lowest BCUT2D eigenvalue weighted by molar-refractivity contribution is -0.135. The standard InChI is InChI=1S/C11H9ClO2/c1-8-4-2-5-9(11(8)12)6-3-7-10(13)14/h2,4-5H,7H2,1H3,(H,13,14). The van der Waals surface area contributed by atoms with Crippen molar-refractivity contribution in [3.05, 3.63) is 34.3 Å². The lowest BCUT2D eigenvalue weighted by atomic mass is 10.1. The maximum Gasteiger partial charge on any atom is 0.315 e. The second kappa shape index (κ2) is 4.69. The summed E-state index contributed by atoms with van der Waals surface area (Å²) in [5, 5.41) is 8.97. The van der Waals surface area contributed by atoms with Crippen LogP contribution < -0.4 is 0 Å². The summed E-state index contributed by atoms with van der Waals surface area (Å²) in [4.78, 5) is 10.2. The molecule has 72 valence electrons. The van der Waals surface area contributed by atoms with Gasteiger partial charge in [0.25, 0.3) is 0 Å². The van der Waals surface area contributed by atoms with Gasteiger partial charge >= 0.3 is 5.97 Å². The van der Waals surface area contributed by atoms with E-state index in [4.69, 9.17) is 16.7 Å². The van der Waals surface area contributed by atoms with Crippen LogP contribution in [0.25, 0.3) is 0 Å². The second-order valence-electron chi connectivity index (χ2n) is 2.81. The van der Waals surface area contributed by atoms with Crippen molar-refractivity contribution in [2.75, 3.05) is 0 Å². The first-order valence-electron chi connectivity index (χ1n) is 4.07. The minimum absolute atomic E-state index is 0.162. The van der Waals surface area contributed by atoms with E-state index in [1.165, 1.54) is 0 Å². The molecule has 0 radical (unpaired) electrons. The normalized spacial score (nSPS) is 9.00. The first kappa shape index (κ1) is 10.6. The summed E-state index contributed by atoms with van der Waals surface area (Å²) >= 11 is 5.96. The predicted molar refractivity (Wildman–Crippen MR) is 55.3 cm³/mol. The second-order valence-corrected chi connectivity index (χ2v) is 3.19. The van der Waals surface area contributed by atoms with Crippen LogP contribution in [0.5, 0.6) is 0 Å². The van der Waals surface area contributed by atoms with Gasteiger partial charge in [0.1, 0.15) is 6.42 Å². The Kier molecular flexibility index (Phi) is 3.55. The maximum absolute atomic E-state index is 10.2. The van der Waals surface area contributed by atoms with E-state index in [2.05, 4.69) is 11.8 Å². The number of benzene rings is 1. The Morgan fingerprint density at radius 1 is 1.57 bits per heavy atom. The summed E-state index contributed by atoms with van der Waals surface area (Å²) in [5.74, 6) is 4.33. The molecule has 0 heterocycles. The molecule has 0 aromatic heterocycles. The molecule has 3 heteroatoms. The summed E-state index contributed by atoms with van der Waals surface area (Å²) in [6.45, 7) is 1.88. The van der Waals surface area contributed by atoms with Gasteiger partial charge in [-0.2, -0.15) is 0 Å². The van der Waals surface area contributed by atoms with Crippen LogP contribution in [0.15, 0.2) is 18.2 Å². The summed E-state index contributed by atoms with van der Waals surface area (Å²) in [5.41, 5.74) is 1.61. The van der Waals surface area contributed by atoms with Gasteiger partial charge in [-0.25, -0.2) is 0 Å². The van der Waals surface area contributed by atoms with E-state index in [1.54, 1.807) is 6.07 Å². The molecule has 0 aliphatic carbocycles. The van der Waals surface area contributed by atoms with Crippen molar-refractivity contribution in [3.63, 3.8) is 0 Å². The Bertz CT molecular complexity index is 413. The Morgan fingerprint density at radius 3 is 2.93 bits per heavy atom. The molecule has 0 amide bonds. The fraction of sp³-hybridized carbons (Fsp3) is 0.182. The summed E-state index contributed by atoms with van der Waals surface area (Å²) in [7, 11) is 0. The van der Waals surface area contributed by atoms with Crippen molar-refractivity contribution < 1.29 is 9.90 Å². The Morgan fingerprint density at radius 2 is 2.29 bits per heavy atom. The third-order valence-electron chi connectivity index (χ3n) is 1.65. The van der Waals surface area contributed by atoms with E-state index in [-0.39, 0.29) is 6.42 Å². The summed E-state index contributed by atoms with van der Waals surface area (Å²) < 4.78 is 0. The minimum atomic E-state index is -0.929. The average Bonchev–Trinajstić information content (AvgIpc) is 2.12. The van der Waals surface area contributed by atoms with Crippen molar-refractivity contribution in [2.24, 2.45) is 0 Å². The van der Waals surface area contributed by atoms with Crippen molar-refractivity contribution in [2.45, 2.75) is 13.3 Å². The van der Waals surface area contributed by atoms with E-state index < -0.39 is 5.97 Å². The molecule has 0 fully saturated rings. The predicted octanol–water partition coefficient (Wildman–Crippen LogP) is 2.47. The number of halogens is 1. The van der Waals surface area contributed by atoms with Crippen LogP contribution in [-0.4, -0.2) is 11.1 Å². The van der Waals surface area contributed by atoms with Crippen molar-refractivity contribution in [1.29, 1.82) is 0 Å². The highest BCUT2D eigenvalue weighted by atomic mass is 35.5. The first-order valence-corrected chi connectivity index (χ1v) is 4.45. The number of hydrogen-bond donors (Lipinski definition) is 1. The number of hydrogen-bond acceptors (Lipinski definition) is 1. The van der Waals surface area contributed by atoms with Crippen LogP contribution in [-0.2, 0) is 4.79 Å². The van der Waals surface area contributed by atoms with Crippen LogP contribution in [0.3, 0.4) is 0 Å². The number of rotatable bonds is 1. The van der Waals surface area contributed by atoms with Gasteiger partial charge in [0.05, 0.1) is 5.02 Å². The molecule has 2 nitrogen and oxygen atoms in total. The van der Waals surface area contributed by atoms with Crippen LogP contribution in [0.1, 0.15) is 17.5 Å². The van der Waals surface area contributed by atoms with Crippen LogP contribution in [0.4, 0.5) is 0 Å². The van der Waals surface area contributed by atoms with Gasteiger partial charge in [0.15, 0.2) is 0 Å². The number of aliphatic carboxylic acids is 1. The van der Waals surface area contributed by atoms with Crippen molar-refractivity contribution in [3.8, 4) is 11.8 Å². The average molecular weight is 209 g/mol. The van der Waals surface area contributed by atoms with Crippen molar-refractivity contribution in [1.82, 2.24) is 0 Å². The number of carboxylic acid groups (broad SMARTS) is 1. The lowest BCUT2D eigenvalue weighted by Gasteiger charge is -1.98. The van der Waals surface area contributed by atoms with Crippen LogP contribution >= 0.6 is 11.6 Å². The minimum Gasteiger partial charge on any atom is -0.481 e. The Hall–Kier alpha value is -1.46. The van der Waals surface area contributed by atoms with E-state index >= 15 is 0 Å². The molecule has 0 saturated carbocycles. The molecule has 0 atom stereocenters. The molecule has 0 spiro atoms. The van der Waals surface area contributed by atoms with Gasteiger partial charge in [-0.1, -0.05) is 35.6 Å². The van der Waals surface area contributed by atoms with E-state index in [1.807, 2.05) is 19.1 Å². The molecular formula is C11H9ClO2. The van der Waals surface area contributed by atoms with Crippen molar-refractivity contribution >= 4 is 17.6 Å². The molecule has 0 bridgehead atoms. The zero-order valence-electron chi connectivity index (χ0n) is 7.67. The molecule has 1 aromatic carbocycles. The van der Waals surface area contributed by atoms with Gasteiger partial charge in [0, 0.05) is 5.56 Å². The fourth-order valence-corrected chi connectivity index (χ4v) is 1.13. The molecule has 1 rings (SSSR count). The quantitative estimate of drug-likeness (QED) is 0.720. The first-order chi connectivity index (χ1) is 6.61. The molecule has 1 aromatic rings. The highest BCUT2D eigenvalue weighted by Crippen LogP contribution is 2.18. The SMILES string of the molecule is Cc1cccc(C#CCC(=O)O)c1Cl. The number of carboxylic acids is 1. The molecule has 0 unspecified atom stereocenters. The van der Waals surface area contributed by atoms with Crippen LogP contribution in [0, 0.1) is 18.8 Å². The highest BCUT2D eigenvalue weighted by Gasteiger charge is 1.98. The third kappa shape index (κ3) is 2.79. The largest absolute Gasteiger partial charge is 0.481 e. The molecule has 0 saturated heterocycles. The number of carbonyl (C=O) groups is 1. The Balaban J connectivity index is 2.90. The van der Waals surface area contributed by atoms with E-state index in [0.717, 1.165) is 5.56 Å². The topological polar surface area (TPSA) is 37.3 Å². The van der Waals surface area contributed by atoms with Gasteiger partial charge in [-0.05, 0) is 18.6 Å². The molecule has 0 aliphatic rings. The van der Waals surface area contributed by atoms with E-state index in [0.29, 0.717) is 10.6 Å². The van der Waals surface area contributed by atoms with Gasteiger partial charge in [0.2, 0.25) is 0 Å². The maximum atomic E-state index is 10.2. The molecule has 1 N–H and O–H groups in total. The summed E-state index contributed by atoms with van der Waals surface area (Å²) in [6, 6.07) is 5.49. The lowest BCUT2D eigenvalue weighted by Crippen LogP contribution is -1.90. The monoisotopic (exact) mass is 208 g/mol. The molecule has 14 heavy (non-hydrogen) atoms. The molecular weight excluding hydrogens is 200 g/mol. The highest BCUT2D eigenvalue weighted by molar-refractivity contribution is 6.32. The smallest absolute Gasteiger partial charge is 0.315 e. The van der Waals surface area contributed by atoms with E-state index in [9.17, 15) is 4.79 Å². The number of aryl methyl sites for hydroxylation is 1. The van der Waals surface area contributed by atoms with Gasteiger partial charge in [-0.3, -0.25) is 4.79 Å². The molecule has 0 aliphatic heterocycles. The zero-order chi connectivity index (χ0) is 10.6. The Labute approximate surface area is 87.5 Å². The zero-order valence-corrected chi connectivity index (χ0v) is 8.43. The third-order valence-corrected chi connectivity index (χ3v) is 2.16. The van der Waals surface area contributed by atoms with Gasteiger partial charge in [-0.15, -0.1) is 0 Å². The fourth-order valence-electron chi connectivity index (χ4n) is 0.959.